The molecule has 0 atom stereocenters. The number of phenols is 1. The van der Waals surface area contributed by atoms with Crippen molar-refractivity contribution in [1.82, 2.24) is 9.38 Å². The molecule has 0 spiro atoms. The molecule has 18 heavy (non-hydrogen) atoms. The van der Waals surface area contributed by atoms with Gasteiger partial charge in [-0.05, 0) is 42.3 Å². The van der Waals surface area contributed by atoms with E-state index in [1.807, 2.05) is 28.9 Å². The third kappa shape index (κ3) is 2.07. The van der Waals surface area contributed by atoms with E-state index in [9.17, 15) is 5.11 Å². The Morgan fingerprint density at radius 1 is 1.22 bits per heavy atom. The van der Waals surface area contributed by atoms with Crippen LogP contribution < -0.4 is 0 Å². The highest BCUT2D eigenvalue weighted by atomic mass is 16.3. The van der Waals surface area contributed by atoms with E-state index < -0.39 is 0 Å². The SMILES string of the molecule is Cc1ccn2cc(Cc3cccc(O)c3)nc2c1. The number of benzene rings is 1. The number of hydrogen-bond donors (Lipinski definition) is 1. The number of phenolic OH excluding ortho intramolecular Hbond substituents is 1. The van der Waals surface area contributed by atoms with E-state index in [2.05, 4.69) is 24.0 Å². The molecule has 0 bridgehead atoms. The summed E-state index contributed by atoms with van der Waals surface area (Å²) in [5, 5.41) is 9.44. The maximum Gasteiger partial charge on any atom is 0.137 e. The molecule has 0 aliphatic heterocycles. The topological polar surface area (TPSA) is 37.5 Å². The van der Waals surface area contributed by atoms with Crippen LogP contribution in [-0.2, 0) is 6.42 Å². The van der Waals surface area contributed by atoms with Crippen LogP contribution in [0.1, 0.15) is 16.8 Å². The van der Waals surface area contributed by atoms with Gasteiger partial charge in [0.2, 0.25) is 0 Å². The van der Waals surface area contributed by atoms with E-state index in [0.717, 1.165) is 23.3 Å². The average Bonchev–Trinajstić information content (AvgIpc) is 2.70. The molecular formula is C15H14N2O. The molecule has 0 aliphatic rings. The number of fused-ring (bicyclic) bond motifs is 1. The fourth-order valence-electron chi connectivity index (χ4n) is 2.10. The summed E-state index contributed by atoms with van der Waals surface area (Å²) in [7, 11) is 0. The molecule has 0 amide bonds. The van der Waals surface area contributed by atoms with Crippen molar-refractivity contribution in [3.63, 3.8) is 0 Å². The van der Waals surface area contributed by atoms with Crippen molar-refractivity contribution < 1.29 is 5.11 Å². The molecule has 3 nitrogen and oxygen atoms in total. The lowest BCUT2D eigenvalue weighted by atomic mass is 10.1. The Morgan fingerprint density at radius 3 is 2.94 bits per heavy atom. The minimum Gasteiger partial charge on any atom is -0.508 e. The molecule has 3 heteroatoms. The standard InChI is InChI=1S/C15H14N2O/c1-11-5-6-17-10-13(16-15(17)7-11)8-12-3-2-4-14(18)9-12/h2-7,9-10,18H,8H2,1H3. The molecule has 3 aromatic rings. The number of aromatic nitrogens is 2. The highest BCUT2D eigenvalue weighted by Gasteiger charge is 2.03. The fraction of sp³-hybridized carbons (Fsp3) is 0.133. The summed E-state index contributed by atoms with van der Waals surface area (Å²) >= 11 is 0. The van der Waals surface area contributed by atoms with Crippen LogP contribution in [-0.4, -0.2) is 14.5 Å². The van der Waals surface area contributed by atoms with Crippen LogP contribution >= 0.6 is 0 Å². The molecule has 0 unspecified atom stereocenters. The van der Waals surface area contributed by atoms with Crippen LogP contribution in [0.4, 0.5) is 0 Å². The maximum atomic E-state index is 9.44. The molecule has 0 fully saturated rings. The van der Waals surface area contributed by atoms with Gasteiger partial charge >= 0.3 is 0 Å². The van der Waals surface area contributed by atoms with Crippen molar-refractivity contribution in [2.45, 2.75) is 13.3 Å². The van der Waals surface area contributed by atoms with Crippen molar-refractivity contribution in [2.24, 2.45) is 0 Å². The predicted molar refractivity (Wildman–Crippen MR) is 70.8 cm³/mol. The van der Waals surface area contributed by atoms with E-state index in [4.69, 9.17) is 0 Å². The first-order valence-electron chi connectivity index (χ1n) is 5.93. The Hall–Kier alpha value is -2.29. The molecule has 3 rings (SSSR count). The van der Waals surface area contributed by atoms with E-state index in [-0.39, 0.29) is 0 Å². The first-order chi connectivity index (χ1) is 8.70. The molecular weight excluding hydrogens is 224 g/mol. The van der Waals surface area contributed by atoms with Gasteiger partial charge in [-0.2, -0.15) is 0 Å². The summed E-state index contributed by atoms with van der Waals surface area (Å²) in [6.07, 6.45) is 4.78. The third-order valence-corrected chi connectivity index (χ3v) is 2.96. The molecule has 2 aromatic heterocycles. The summed E-state index contributed by atoms with van der Waals surface area (Å²) in [5.41, 5.74) is 4.24. The molecule has 2 heterocycles. The van der Waals surface area contributed by atoms with Gasteiger partial charge in [0, 0.05) is 18.8 Å². The van der Waals surface area contributed by atoms with E-state index >= 15 is 0 Å². The van der Waals surface area contributed by atoms with Crippen LogP contribution in [0, 0.1) is 6.92 Å². The van der Waals surface area contributed by atoms with Crippen LogP contribution in [0.3, 0.4) is 0 Å². The first kappa shape index (κ1) is 10.8. The van der Waals surface area contributed by atoms with Crippen LogP contribution in [0.2, 0.25) is 0 Å². The molecule has 0 saturated heterocycles. The predicted octanol–water partition coefficient (Wildman–Crippen LogP) is 2.94. The number of aromatic hydroxyl groups is 1. The fourth-order valence-corrected chi connectivity index (χ4v) is 2.10. The number of hydrogen-bond acceptors (Lipinski definition) is 2. The van der Waals surface area contributed by atoms with Crippen LogP contribution in [0.15, 0.2) is 48.8 Å². The van der Waals surface area contributed by atoms with Gasteiger partial charge in [-0.25, -0.2) is 4.98 Å². The van der Waals surface area contributed by atoms with Crippen molar-refractivity contribution in [2.75, 3.05) is 0 Å². The monoisotopic (exact) mass is 238 g/mol. The number of aryl methyl sites for hydroxylation is 1. The van der Waals surface area contributed by atoms with Crippen molar-refractivity contribution in [3.8, 4) is 5.75 Å². The third-order valence-electron chi connectivity index (χ3n) is 2.96. The molecule has 0 aliphatic carbocycles. The Kier molecular flexibility index (Phi) is 2.52. The largest absolute Gasteiger partial charge is 0.508 e. The molecule has 1 N–H and O–H groups in total. The Balaban J connectivity index is 1.95. The van der Waals surface area contributed by atoms with E-state index in [0.29, 0.717) is 5.75 Å². The van der Waals surface area contributed by atoms with Gasteiger partial charge in [0.1, 0.15) is 11.4 Å². The number of nitrogens with zero attached hydrogens (tertiary/aromatic N) is 2. The average molecular weight is 238 g/mol. The zero-order chi connectivity index (χ0) is 12.5. The molecule has 0 saturated carbocycles. The summed E-state index contributed by atoms with van der Waals surface area (Å²) in [4.78, 5) is 4.58. The van der Waals surface area contributed by atoms with E-state index in [1.54, 1.807) is 12.1 Å². The summed E-state index contributed by atoms with van der Waals surface area (Å²) in [5.74, 6) is 0.298. The first-order valence-corrected chi connectivity index (χ1v) is 5.93. The lowest BCUT2D eigenvalue weighted by Crippen LogP contribution is -1.87. The Bertz CT molecular complexity index is 701. The smallest absolute Gasteiger partial charge is 0.137 e. The minimum absolute atomic E-state index is 0.298. The lowest BCUT2D eigenvalue weighted by molar-refractivity contribution is 0.474. The summed E-state index contributed by atoms with van der Waals surface area (Å²) in [6.45, 7) is 2.06. The number of rotatable bonds is 2. The highest BCUT2D eigenvalue weighted by Crippen LogP contribution is 2.15. The van der Waals surface area contributed by atoms with Gasteiger partial charge in [-0.1, -0.05) is 12.1 Å². The molecule has 1 aromatic carbocycles. The minimum atomic E-state index is 0.298. The molecule has 90 valence electrons. The quantitative estimate of drug-likeness (QED) is 0.745. The van der Waals surface area contributed by atoms with E-state index in [1.165, 1.54) is 5.56 Å². The Morgan fingerprint density at radius 2 is 2.11 bits per heavy atom. The second kappa shape index (κ2) is 4.18. The van der Waals surface area contributed by atoms with Gasteiger partial charge in [-0.3, -0.25) is 0 Å². The Labute approximate surface area is 105 Å². The summed E-state index contributed by atoms with van der Waals surface area (Å²) in [6, 6.07) is 11.4. The van der Waals surface area contributed by atoms with Gasteiger partial charge in [0.15, 0.2) is 0 Å². The lowest BCUT2D eigenvalue weighted by Gasteiger charge is -1.98. The highest BCUT2D eigenvalue weighted by molar-refractivity contribution is 5.43. The van der Waals surface area contributed by atoms with Crippen LogP contribution in [0.25, 0.3) is 5.65 Å². The van der Waals surface area contributed by atoms with Crippen LogP contribution in [0.5, 0.6) is 5.75 Å². The number of pyridine rings is 1. The maximum absolute atomic E-state index is 9.44. The zero-order valence-electron chi connectivity index (χ0n) is 10.2. The normalized spacial score (nSPS) is 10.9. The zero-order valence-corrected chi connectivity index (χ0v) is 10.2. The van der Waals surface area contributed by atoms with Gasteiger partial charge in [-0.15, -0.1) is 0 Å². The molecule has 0 radical (unpaired) electrons. The van der Waals surface area contributed by atoms with Crippen molar-refractivity contribution in [1.29, 1.82) is 0 Å². The summed E-state index contributed by atoms with van der Waals surface area (Å²) < 4.78 is 2.02. The van der Waals surface area contributed by atoms with Gasteiger partial charge in [0.05, 0.1) is 5.69 Å². The second-order valence-corrected chi connectivity index (χ2v) is 4.55. The van der Waals surface area contributed by atoms with Gasteiger partial charge < -0.3 is 9.51 Å². The van der Waals surface area contributed by atoms with Gasteiger partial charge in [0.25, 0.3) is 0 Å². The second-order valence-electron chi connectivity index (χ2n) is 4.55. The van der Waals surface area contributed by atoms with Crippen molar-refractivity contribution >= 4 is 5.65 Å². The number of imidazole rings is 1. The van der Waals surface area contributed by atoms with Crippen molar-refractivity contribution in [3.05, 3.63) is 65.6 Å².